The van der Waals surface area contributed by atoms with Crippen LogP contribution in [0.15, 0.2) is 53.9 Å². The number of carbonyl (C=O) groups is 1. The maximum absolute atomic E-state index is 13.8. The number of nitrogens with zero attached hydrogens (tertiary/aromatic N) is 4. The second kappa shape index (κ2) is 8.60. The summed E-state index contributed by atoms with van der Waals surface area (Å²) in [6, 6.07) is 13.6. The number of thiazole rings is 1. The molecule has 9 heteroatoms. The highest BCUT2D eigenvalue weighted by Gasteiger charge is 2.28. The number of aryl methyl sites for hydroxylation is 1. The summed E-state index contributed by atoms with van der Waals surface area (Å²) in [5.74, 6) is -0.360. The highest BCUT2D eigenvalue weighted by molar-refractivity contribution is 7.14. The molecule has 0 N–H and O–H groups in total. The fraction of sp³-hybridized carbons (Fsp3) is 0.238. The summed E-state index contributed by atoms with van der Waals surface area (Å²) in [6.07, 6.45) is 0. The van der Waals surface area contributed by atoms with Crippen molar-refractivity contribution in [2.75, 3.05) is 36.1 Å². The molecule has 1 aliphatic heterocycles. The van der Waals surface area contributed by atoms with E-state index in [1.54, 1.807) is 6.07 Å². The largest absolute Gasteiger partial charge is 0.378 e. The molecule has 154 valence electrons. The third-order valence-electron chi connectivity index (χ3n) is 4.79. The fourth-order valence-electron chi connectivity index (χ4n) is 3.35. The van der Waals surface area contributed by atoms with Gasteiger partial charge in [-0.15, -0.1) is 11.3 Å². The number of anilines is 3. The number of benzene rings is 2. The number of morpholine rings is 1. The first kappa shape index (κ1) is 20.0. The Kier molecular flexibility index (Phi) is 5.73. The summed E-state index contributed by atoms with van der Waals surface area (Å²) in [4.78, 5) is 32.8. The van der Waals surface area contributed by atoms with Crippen LogP contribution in [-0.2, 0) is 4.74 Å². The van der Waals surface area contributed by atoms with E-state index in [1.807, 2.05) is 47.5 Å². The molecule has 4 rings (SSSR count). The van der Waals surface area contributed by atoms with Gasteiger partial charge < -0.3 is 9.64 Å². The Morgan fingerprint density at radius 2 is 1.93 bits per heavy atom. The average Bonchev–Trinajstić information content (AvgIpc) is 3.20. The van der Waals surface area contributed by atoms with Gasteiger partial charge in [-0.2, -0.15) is 0 Å². The van der Waals surface area contributed by atoms with Crippen LogP contribution in [0.25, 0.3) is 0 Å². The molecule has 1 amide bonds. The third kappa shape index (κ3) is 4.03. The number of nitro groups is 1. The minimum atomic E-state index is -0.486. The smallest absolute Gasteiger partial charge is 0.270 e. The van der Waals surface area contributed by atoms with Crippen LogP contribution in [-0.4, -0.2) is 42.1 Å². The van der Waals surface area contributed by atoms with Gasteiger partial charge in [0.1, 0.15) is 0 Å². The first-order valence-electron chi connectivity index (χ1n) is 9.47. The van der Waals surface area contributed by atoms with E-state index in [0.29, 0.717) is 42.8 Å². The van der Waals surface area contributed by atoms with E-state index in [0.717, 1.165) is 5.69 Å². The zero-order valence-electron chi connectivity index (χ0n) is 16.4. The summed E-state index contributed by atoms with van der Waals surface area (Å²) >= 11 is 1.35. The Morgan fingerprint density at radius 1 is 1.20 bits per heavy atom. The number of para-hydroxylation sites is 1. The predicted octanol–water partition coefficient (Wildman–Crippen LogP) is 4.17. The van der Waals surface area contributed by atoms with E-state index in [1.165, 1.54) is 28.4 Å². The molecule has 2 aromatic carbocycles. The molecule has 1 aliphatic rings. The lowest BCUT2D eigenvalue weighted by atomic mass is 10.1. The molecule has 0 saturated carbocycles. The lowest BCUT2D eigenvalue weighted by Crippen LogP contribution is -2.38. The minimum absolute atomic E-state index is 0.126. The number of aromatic nitrogens is 1. The number of non-ortho nitro benzene ring substituents is 1. The van der Waals surface area contributed by atoms with Gasteiger partial charge in [-0.1, -0.05) is 18.2 Å². The van der Waals surface area contributed by atoms with Crippen molar-refractivity contribution in [3.8, 4) is 0 Å². The number of nitro benzene ring substituents is 1. The first-order chi connectivity index (χ1) is 14.5. The van der Waals surface area contributed by atoms with Gasteiger partial charge in [-0.3, -0.25) is 19.8 Å². The zero-order valence-corrected chi connectivity index (χ0v) is 17.2. The van der Waals surface area contributed by atoms with Crippen molar-refractivity contribution in [1.29, 1.82) is 0 Å². The Labute approximate surface area is 177 Å². The van der Waals surface area contributed by atoms with Gasteiger partial charge in [0, 0.05) is 30.6 Å². The third-order valence-corrected chi connectivity index (χ3v) is 5.73. The Hall–Kier alpha value is -3.30. The van der Waals surface area contributed by atoms with Crippen molar-refractivity contribution < 1.29 is 14.5 Å². The highest BCUT2D eigenvalue weighted by Crippen LogP contribution is 2.34. The fourth-order valence-corrected chi connectivity index (χ4v) is 4.16. The SMILES string of the molecule is Cc1csc(N(C(=O)c2cc([N+](=O)[O-])ccc2N2CCOCC2)c2ccccc2)n1. The summed E-state index contributed by atoms with van der Waals surface area (Å²) < 4.78 is 5.42. The van der Waals surface area contributed by atoms with Crippen LogP contribution >= 0.6 is 11.3 Å². The summed E-state index contributed by atoms with van der Waals surface area (Å²) in [6.45, 7) is 4.16. The standard InChI is InChI=1S/C21H20N4O4S/c1-15-14-30-21(22-15)24(16-5-3-2-4-6-16)20(26)18-13-17(25(27)28)7-8-19(18)23-9-11-29-12-10-23/h2-8,13-14H,9-12H2,1H3. The van der Waals surface area contributed by atoms with Crippen LogP contribution in [0.2, 0.25) is 0 Å². The van der Waals surface area contributed by atoms with E-state index in [2.05, 4.69) is 4.98 Å². The highest BCUT2D eigenvalue weighted by atomic mass is 32.1. The number of carbonyl (C=O) groups excluding carboxylic acids is 1. The molecular weight excluding hydrogens is 404 g/mol. The summed E-state index contributed by atoms with van der Waals surface area (Å²) in [5, 5.41) is 13.8. The molecule has 8 nitrogen and oxygen atoms in total. The Balaban J connectivity index is 1.84. The molecule has 1 aromatic heterocycles. The molecule has 0 spiro atoms. The van der Waals surface area contributed by atoms with Crippen molar-refractivity contribution in [3.63, 3.8) is 0 Å². The Bertz CT molecular complexity index is 1060. The van der Waals surface area contributed by atoms with Crippen LogP contribution in [0, 0.1) is 17.0 Å². The number of amides is 1. The van der Waals surface area contributed by atoms with E-state index < -0.39 is 4.92 Å². The molecule has 1 saturated heterocycles. The van der Waals surface area contributed by atoms with E-state index in [9.17, 15) is 14.9 Å². The van der Waals surface area contributed by atoms with Gasteiger partial charge in [0.2, 0.25) is 0 Å². The van der Waals surface area contributed by atoms with Crippen LogP contribution in [0.4, 0.5) is 22.2 Å². The lowest BCUT2D eigenvalue weighted by molar-refractivity contribution is -0.384. The maximum atomic E-state index is 13.8. The molecule has 0 bridgehead atoms. The quantitative estimate of drug-likeness (QED) is 0.451. The van der Waals surface area contributed by atoms with Gasteiger partial charge >= 0.3 is 0 Å². The summed E-state index contributed by atoms with van der Waals surface area (Å²) in [5.41, 5.74) is 2.25. The molecule has 1 fully saturated rings. The van der Waals surface area contributed by atoms with Gasteiger partial charge in [-0.05, 0) is 25.1 Å². The van der Waals surface area contributed by atoms with Crippen LogP contribution in [0.1, 0.15) is 16.1 Å². The van der Waals surface area contributed by atoms with Crippen molar-refractivity contribution in [2.45, 2.75) is 6.92 Å². The van der Waals surface area contributed by atoms with Crippen LogP contribution in [0.3, 0.4) is 0 Å². The predicted molar refractivity (Wildman–Crippen MR) is 116 cm³/mol. The summed E-state index contributed by atoms with van der Waals surface area (Å²) in [7, 11) is 0. The molecule has 0 unspecified atom stereocenters. The topological polar surface area (TPSA) is 88.8 Å². The maximum Gasteiger partial charge on any atom is 0.270 e. The zero-order chi connectivity index (χ0) is 21.1. The normalized spacial score (nSPS) is 13.8. The van der Waals surface area contributed by atoms with Gasteiger partial charge in [0.15, 0.2) is 5.13 Å². The molecule has 0 radical (unpaired) electrons. The second-order valence-corrected chi connectivity index (χ2v) is 7.64. The molecule has 0 aliphatic carbocycles. The van der Waals surface area contributed by atoms with E-state index in [4.69, 9.17) is 4.74 Å². The molecule has 30 heavy (non-hydrogen) atoms. The number of ether oxygens (including phenoxy) is 1. The van der Waals surface area contributed by atoms with Crippen LogP contribution < -0.4 is 9.80 Å². The lowest BCUT2D eigenvalue weighted by Gasteiger charge is -2.31. The minimum Gasteiger partial charge on any atom is -0.378 e. The molecular formula is C21H20N4O4S. The first-order valence-corrected chi connectivity index (χ1v) is 10.4. The van der Waals surface area contributed by atoms with E-state index in [-0.39, 0.29) is 17.2 Å². The molecule has 2 heterocycles. The van der Waals surface area contributed by atoms with Gasteiger partial charge in [0.05, 0.1) is 40.8 Å². The van der Waals surface area contributed by atoms with Crippen LogP contribution in [0.5, 0.6) is 0 Å². The Morgan fingerprint density at radius 3 is 2.57 bits per heavy atom. The number of hydrogen-bond donors (Lipinski definition) is 0. The van der Waals surface area contributed by atoms with Crippen molar-refractivity contribution >= 4 is 39.4 Å². The molecule has 0 atom stereocenters. The number of hydrogen-bond acceptors (Lipinski definition) is 7. The van der Waals surface area contributed by atoms with Gasteiger partial charge in [0.25, 0.3) is 11.6 Å². The second-order valence-electron chi connectivity index (χ2n) is 6.81. The van der Waals surface area contributed by atoms with Gasteiger partial charge in [-0.25, -0.2) is 4.98 Å². The monoisotopic (exact) mass is 424 g/mol. The number of rotatable bonds is 5. The average molecular weight is 424 g/mol. The van der Waals surface area contributed by atoms with E-state index >= 15 is 0 Å². The van der Waals surface area contributed by atoms with Crippen molar-refractivity contribution in [1.82, 2.24) is 4.98 Å². The van der Waals surface area contributed by atoms with Crippen molar-refractivity contribution in [2.24, 2.45) is 0 Å². The molecule has 3 aromatic rings. The van der Waals surface area contributed by atoms with Crippen molar-refractivity contribution in [3.05, 3.63) is 75.3 Å².